The molecule has 0 atom stereocenters. The van der Waals surface area contributed by atoms with Crippen LogP contribution in [0.1, 0.15) is 22.5 Å². The number of amides is 3. The molecule has 4 rings (SSSR count). The molecule has 0 bridgehead atoms. The van der Waals surface area contributed by atoms with Gasteiger partial charge in [0.1, 0.15) is 12.4 Å². The van der Waals surface area contributed by atoms with Crippen molar-refractivity contribution in [3.05, 3.63) is 86.2 Å². The molecule has 0 saturated carbocycles. The molecule has 174 valence electrons. The average molecular weight is 542 g/mol. The third kappa shape index (κ3) is 4.85. The average Bonchev–Trinajstić information content (AvgIpc) is 3.19. The van der Waals surface area contributed by atoms with Gasteiger partial charge >= 0.3 is 0 Å². The van der Waals surface area contributed by atoms with Gasteiger partial charge in [-0.15, -0.1) is 0 Å². The predicted molar refractivity (Wildman–Crippen MR) is 135 cm³/mol. The monoisotopic (exact) mass is 541 g/mol. The maximum absolute atomic E-state index is 13.3. The third-order valence-electron chi connectivity index (χ3n) is 5.44. The Hall–Kier alpha value is -3.17. The summed E-state index contributed by atoms with van der Waals surface area (Å²) in [4.78, 5) is 38.8. The number of imide groups is 1. The molecular weight excluding hydrogens is 521 g/mol. The van der Waals surface area contributed by atoms with Crippen LogP contribution in [0.4, 0.5) is 14.9 Å². The van der Waals surface area contributed by atoms with E-state index in [1.54, 1.807) is 6.08 Å². The number of aromatic nitrogens is 1. The maximum atomic E-state index is 13.3. The zero-order valence-corrected chi connectivity index (χ0v) is 21.1. The highest BCUT2D eigenvalue weighted by atomic mass is 79.9. The number of hydrogen-bond acceptors (Lipinski definition) is 4. The van der Waals surface area contributed by atoms with Gasteiger partial charge in [-0.25, -0.2) is 4.39 Å². The number of carbonyl (C=O) groups is 3. The lowest BCUT2D eigenvalue weighted by Crippen LogP contribution is -2.36. The topological polar surface area (TPSA) is 71.4 Å². The number of nitrogens with zero attached hydrogens (tertiary/aromatic N) is 2. The molecule has 9 heteroatoms. The maximum Gasteiger partial charge on any atom is 0.294 e. The Morgan fingerprint density at radius 2 is 1.88 bits per heavy atom. The number of nitrogens with one attached hydrogen (secondary N) is 1. The number of hydrogen-bond donors (Lipinski definition) is 1. The number of anilines is 1. The van der Waals surface area contributed by atoms with Crippen LogP contribution in [0, 0.1) is 26.6 Å². The van der Waals surface area contributed by atoms with Crippen LogP contribution >= 0.6 is 27.7 Å². The van der Waals surface area contributed by atoms with E-state index in [0.29, 0.717) is 0 Å². The zero-order valence-electron chi connectivity index (χ0n) is 18.7. The zero-order chi connectivity index (χ0) is 24.6. The quantitative estimate of drug-likeness (QED) is 0.403. The Kier molecular flexibility index (Phi) is 6.77. The minimum atomic E-state index is -0.585. The Labute approximate surface area is 209 Å². The highest BCUT2D eigenvalue weighted by Crippen LogP contribution is 2.34. The van der Waals surface area contributed by atoms with Crippen molar-refractivity contribution in [2.24, 2.45) is 0 Å². The summed E-state index contributed by atoms with van der Waals surface area (Å²) in [5.74, 6) is -1.62. The summed E-state index contributed by atoms with van der Waals surface area (Å²) < 4.78 is 16.4. The molecule has 2 heterocycles. The van der Waals surface area contributed by atoms with Crippen LogP contribution in [0.25, 0.3) is 11.8 Å². The first-order valence-corrected chi connectivity index (χ1v) is 12.0. The van der Waals surface area contributed by atoms with Gasteiger partial charge in [0.2, 0.25) is 5.91 Å². The Bertz CT molecular complexity index is 1370. The van der Waals surface area contributed by atoms with Gasteiger partial charge < -0.3 is 9.88 Å². The first-order chi connectivity index (χ1) is 16.1. The van der Waals surface area contributed by atoms with Crippen molar-refractivity contribution in [2.45, 2.75) is 20.8 Å². The molecule has 6 nitrogen and oxygen atoms in total. The van der Waals surface area contributed by atoms with Crippen molar-refractivity contribution >= 4 is 56.5 Å². The fourth-order valence-corrected chi connectivity index (χ4v) is 4.86. The lowest BCUT2D eigenvalue weighted by Gasteiger charge is -2.12. The predicted octanol–water partition coefficient (Wildman–Crippen LogP) is 5.98. The number of rotatable bonds is 5. The summed E-state index contributed by atoms with van der Waals surface area (Å²) in [5.41, 5.74) is 5.08. The van der Waals surface area contributed by atoms with E-state index in [0.717, 1.165) is 55.4 Å². The van der Waals surface area contributed by atoms with E-state index in [4.69, 9.17) is 0 Å². The van der Waals surface area contributed by atoms with Crippen LogP contribution in [0.15, 0.2) is 57.9 Å². The normalized spacial score (nSPS) is 14.9. The number of thioether (sulfide) groups is 1. The molecule has 0 spiro atoms. The summed E-state index contributed by atoms with van der Waals surface area (Å²) in [6.45, 7) is 5.50. The van der Waals surface area contributed by atoms with Crippen molar-refractivity contribution in [3.8, 4) is 5.69 Å². The molecule has 1 aliphatic rings. The summed E-state index contributed by atoms with van der Waals surface area (Å²) in [6.07, 6.45) is 1.68. The van der Waals surface area contributed by atoms with Crippen LogP contribution in [0.5, 0.6) is 0 Å². The molecule has 3 amide bonds. The molecule has 0 unspecified atom stereocenters. The third-order valence-corrected chi connectivity index (χ3v) is 7.24. The van der Waals surface area contributed by atoms with Crippen LogP contribution in [0.2, 0.25) is 0 Å². The van der Waals surface area contributed by atoms with E-state index in [1.165, 1.54) is 18.2 Å². The lowest BCUT2D eigenvalue weighted by atomic mass is 10.2. The van der Waals surface area contributed by atoms with Crippen LogP contribution in [-0.4, -0.2) is 33.1 Å². The van der Waals surface area contributed by atoms with E-state index in [1.807, 2.05) is 39.0 Å². The largest absolute Gasteiger partial charge is 0.324 e. The second kappa shape index (κ2) is 9.60. The van der Waals surface area contributed by atoms with E-state index in [9.17, 15) is 18.8 Å². The number of halogens is 2. The molecule has 3 aromatic rings. The second-order valence-electron chi connectivity index (χ2n) is 7.92. The van der Waals surface area contributed by atoms with Crippen LogP contribution in [0.3, 0.4) is 0 Å². The number of carbonyl (C=O) groups excluding carboxylic acids is 3. The van der Waals surface area contributed by atoms with Crippen molar-refractivity contribution in [2.75, 3.05) is 11.9 Å². The fraction of sp³-hybridized carbons (Fsp3) is 0.160. The Morgan fingerprint density at radius 1 is 1.12 bits per heavy atom. The molecular formula is C25H21BrFN3O3S. The minimum Gasteiger partial charge on any atom is -0.324 e. The van der Waals surface area contributed by atoms with Gasteiger partial charge in [-0.1, -0.05) is 22.0 Å². The fourth-order valence-electron chi connectivity index (χ4n) is 3.79. The second-order valence-corrected chi connectivity index (χ2v) is 9.77. The van der Waals surface area contributed by atoms with Gasteiger partial charge in [-0.2, -0.15) is 0 Å². The summed E-state index contributed by atoms with van der Waals surface area (Å²) in [7, 11) is 0. The molecule has 1 aromatic heterocycles. The highest BCUT2D eigenvalue weighted by molar-refractivity contribution is 9.10. The molecule has 1 aliphatic heterocycles. The first-order valence-electron chi connectivity index (χ1n) is 10.4. The lowest BCUT2D eigenvalue weighted by molar-refractivity contribution is -0.127. The van der Waals surface area contributed by atoms with E-state index in [-0.39, 0.29) is 10.6 Å². The minimum absolute atomic E-state index is 0.246. The molecule has 34 heavy (non-hydrogen) atoms. The first kappa shape index (κ1) is 24.0. The SMILES string of the molecule is Cc1cc(-n2c(C)cc(/C=C3/SC(=O)N(CC(=O)Nc4cccc(F)c4)C3=O)c2C)ccc1Br. The molecule has 1 N–H and O–H groups in total. The molecule has 0 aliphatic carbocycles. The van der Waals surface area contributed by atoms with Crippen molar-refractivity contribution in [1.29, 1.82) is 0 Å². The van der Waals surface area contributed by atoms with Crippen molar-refractivity contribution in [3.63, 3.8) is 0 Å². The van der Waals surface area contributed by atoms with Crippen LogP contribution < -0.4 is 5.32 Å². The van der Waals surface area contributed by atoms with Crippen molar-refractivity contribution < 1.29 is 18.8 Å². The molecule has 1 saturated heterocycles. The van der Waals surface area contributed by atoms with E-state index in [2.05, 4.69) is 31.9 Å². The van der Waals surface area contributed by atoms with Gasteiger partial charge in [-0.3, -0.25) is 19.3 Å². The van der Waals surface area contributed by atoms with Gasteiger partial charge in [0.25, 0.3) is 11.1 Å². The van der Waals surface area contributed by atoms with Gasteiger partial charge in [-0.05, 0) is 92.2 Å². The molecule has 0 radical (unpaired) electrons. The smallest absolute Gasteiger partial charge is 0.294 e. The summed E-state index contributed by atoms with van der Waals surface area (Å²) in [6, 6.07) is 13.4. The van der Waals surface area contributed by atoms with Gasteiger partial charge in [0.15, 0.2) is 0 Å². The van der Waals surface area contributed by atoms with E-state index < -0.39 is 29.4 Å². The standard InChI is InChI=1S/C25H21BrFN3O3S/c1-14-9-20(7-8-21(14)26)30-15(2)10-17(16(30)3)11-22-24(32)29(25(33)34-22)13-23(31)28-19-6-4-5-18(27)12-19/h4-12H,13H2,1-3H3,(H,28,31)/b22-11+. The Balaban J connectivity index is 1.54. The number of aryl methyl sites for hydroxylation is 2. The van der Waals surface area contributed by atoms with Crippen LogP contribution in [-0.2, 0) is 9.59 Å². The highest BCUT2D eigenvalue weighted by Gasteiger charge is 2.36. The van der Waals surface area contributed by atoms with Gasteiger partial charge in [0.05, 0.1) is 4.91 Å². The van der Waals surface area contributed by atoms with Crippen molar-refractivity contribution in [1.82, 2.24) is 9.47 Å². The molecule has 1 fully saturated rings. The van der Waals surface area contributed by atoms with E-state index >= 15 is 0 Å². The van der Waals surface area contributed by atoms with Gasteiger partial charge in [0, 0.05) is 27.2 Å². The number of benzene rings is 2. The summed E-state index contributed by atoms with van der Waals surface area (Å²) >= 11 is 4.31. The summed E-state index contributed by atoms with van der Waals surface area (Å²) in [5, 5.41) is 1.98. The molecule has 2 aromatic carbocycles. The Morgan fingerprint density at radius 3 is 2.59 bits per heavy atom.